The molecule has 1 fully saturated rings. The van der Waals surface area contributed by atoms with Crippen LogP contribution < -0.4 is 10.6 Å². The van der Waals surface area contributed by atoms with Gasteiger partial charge in [0.1, 0.15) is 12.4 Å². The number of aliphatic imine (C=N–C) groups is 1. The molecule has 1 saturated carbocycles. The number of nitrogens with one attached hydrogen (secondary N) is 2. The van der Waals surface area contributed by atoms with Gasteiger partial charge in [0.2, 0.25) is 0 Å². The van der Waals surface area contributed by atoms with Crippen molar-refractivity contribution in [3.8, 4) is 0 Å². The molecular weight excluding hydrogens is 431 g/mol. The van der Waals surface area contributed by atoms with E-state index in [0.29, 0.717) is 18.6 Å². The molecule has 7 nitrogen and oxygen atoms in total. The molecule has 0 saturated heterocycles. The van der Waals surface area contributed by atoms with Crippen molar-refractivity contribution in [2.75, 3.05) is 26.8 Å². The van der Waals surface area contributed by atoms with Crippen LogP contribution in [0.25, 0.3) is 0 Å². The highest BCUT2D eigenvalue weighted by molar-refractivity contribution is 14.0. The topological polar surface area (TPSA) is 76.4 Å². The Bertz CT molecular complexity index is 539. The molecule has 1 heterocycles. The van der Waals surface area contributed by atoms with Crippen molar-refractivity contribution in [3.63, 3.8) is 0 Å². The van der Waals surface area contributed by atoms with Crippen molar-refractivity contribution in [1.82, 2.24) is 25.4 Å². The number of methoxy groups -OCH3 is 1. The van der Waals surface area contributed by atoms with Gasteiger partial charge >= 0.3 is 0 Å². The predicted octanol–water partition coefficient (Wildman–Crippen LogP) is 2.39. The van der Waals surface area contributed by atoms with Crippen LogP contribution in [0.15, 0.2) is 4.99 Å². The zero-order valence-corrected chi connectivity index (χ0v) is 18.3. The summed E-state index contributed by atoms with van der Waals surface area (Å²) in [4.78, 5) is 4.68. The lowest BCUT2D eigenvalue weighted by Crippen LogP contribution is -2.44. The van der Waals surface area contributed by atoms with E-state index in [0.717, 1.165) is 30.7 Å². The average molecular weight is 464 g/mol. The minimum atomic E-state index is 0. The molecule has 0 aliphatic heterocycles. The smallest absolute Gasteiger partial charge is 0.191 e. The first-order chi connectivity index (χ1) is 11.6. The third-order valence-corrected chi connectivity index (χ3v) is 5.21. The third kappa shape index (κ3) is 6.40. The second-order valence-corrected chi connectivity index (χ2v) is 6.72. The molecule has 1 aromatic rings. The van der Waals surface area contributed by atoms with Crippen LogP contribution >= 0.6 is 24.0 Å². The summed E-state index contributed by atoms with van der Waals surface area (Å²) in [5, 5.41) is 15.1. The zero-order chi connectivity index (χ0) is 17.4. The molecule has 8 heteroatoms. The van der Waals surface area contributed by atoms with E-state index in [1.54, 1.807) is 7.11 Å². The van der Waals surface area contributed by atoms with E-state index in [4.69, 9.17) is 4.74 Å². The Morgan fingerprint density at radius 3 is 2.56 bits per heavy atom. The number of halogens is 1. The molecule has 0 spiro atoms. The summed E-state index contributed by atoms with van der Waals surface area (Å²) >= 11 is 0. The van der Waals surface area contributed by atoms with Crippen LogP contribution in [0, 0.1) is 12.3 Å². The Morgan fingerprint density at radius 1 is 1.28 bits per heavy atom. The third-order valence-electron chi connectivity index (χ3n) is 5.21. The summed E-state index contributed by atoms with van der Waals surface area (Å²) in [6.45, 7) is 7.12. The van der Waals surface area contributed by atoms with E-state index in [1.807, 2.05) is 18.5 Å². The molecule has 1 aromatic heterocycles. The summed E-state index contributed by atoms with van der Waals surface area (Å²) in [5.74, 6) is 2.59. The van der Waals surface area contributed by atoms with E-state index in [1.165, 1.54) is 32.1 Å². The van der Waals surface area contributed by atoms with E-state index in [-0.39, 0.29) is 24.0 Å². The van der Waals surface area contributed by atoms with Gasteiger partial charge in [0.05, 0.1) is 6.61 Å². The lowest BCUT2D eigenvalue weighted by Gasteiger charge is -2.28. The van der Waals surface area contributed by atoms with Crippen LogP contribution in [0.5, 0.6) is 0 Å². The zero-order valence-electron chi connectivity index (χ0n) is 16.0. The monoisotopic (exact) mass is 464 g/mol. The van der Waals surface area contributed by atoms with Crippen LogP contribution in [-0.2, 0) is 18.3 Å². The van der Waals surface area contributed by atoms with Crippen molar-refractivity contribution >= 4 is 29.9 Å². The lowest BCUT2D eigenvalue weighted by atomic mass is 9.83. The highest BCUT2D eigenvalue weighted by Crippen LogP contribution is 2.40. The quantitative estimate of drug-likeness (QED) is 0.268. The van der Waals surface area contributed by atoms with Crippen LogP contribution in [0.2, 0.25) is 0 Å². The fourth-order valence-corrected chi connectivity index (χ4v) is 3.24. The lowest BCUT2D eigenvalue weighted by molar-refractivity contribution is 0.203. The van der Waals surface area contributed by atoms with Crippen LogP contribution in [0.3, 0.4) is 0 Å². The molecule has 0 atom stereocenters. The molecule has 1 aliphatic carbocycles. The van der Waals surface area contributed by atoms with Crippen molar-refractivity contribution in [3.05, 3.63) is 11.6 Å². The Labute approximate surface area is 168 Å². The number of hydrogen-bond acceptors (Lipinski definition) is 4. The molecule has 0 bridgehead atoms. The van der Waals surface area contributed by atoms with Crippen LogP contribution in [0.1, 0.15) is 50.7 Å². The first kappa shape index (κ1) is 22.1. The molecule has 0 radical (unpaired) electrons. The van der Waals surface area contributed by atoms with Gasteiger partial charge in [-0.3, -0.25) is 0 Å². The molecule has 0 amide bonds. The molecule has 0 aromatic carbocycles. The second kappa shape index (κ2) is 10.9. The maximum Gasteiger partial charge on any atom is 0.191 e. The summed E-state index contributed by atoms with van der Waals surface area (Å²) < 4.78 is 7.10. The summed E-state index contributed by atoms with van der Waals surface area (Å²) in [5.41, 5.74) is 0.422. The molecule has 25 heavy (non-hydrogen) atoms. The van der Waals surface area contributed by atoms with Crippen molar-refractivity contribution in [2.45, 2.75) is 52.5 Å². The minimum absolute atomic E-state index is 0. The van der Waals surface area contributed by atoms with E-state index in [9.17, 15) is 0 Å². The van der Waals surface area contributed by atoms with E-state index >= 15 is 0 Å². The summed E-state index contributed by atoms with van der Waals surface area (Å²) in [6.07, 6.45) is 6.52. The predicted molar refractivity (Wildman–Crippen MR) is 111 cm³/mol. The van der Waals surface area contributed by atoms with Crippen molar-refractivity contribution in [1.29, 1.82) is 0 Å². The van der Waals surface area contributed by atoms with E-state index < -0.39 is 0 Å². The van der Waals surface area contributed by atoms with E-state index in [2.05, 4.69) is 32.7 Å². The molecule has 2 N–H and O–H groups in total. The van der Waals surface area contributed by atoms with Gasteiger partial charge in [0.25, 0.3) is 0 Å². The number of nitrogens with zero attached hydrogens (tertiary/aromatic N) is 4. The molecule has 144 valence electrons. The maximum absolute atomic E-state index is 5.12. The van der Waals surface area contributed by atoms with Gasteiger partial charge in [0, 0.05) is 27.2 Å². The minimum Gasteiger partial charge on any atom is -0.383 e. The van der Waals surface area contributed by atoms with Crippen molar-refractivity contribution < 1.29 is 4.74 Å². The number of hydrogen-bond donors (Lipinski definition) is 2. The van der Waals surface area contributed by atoms with Crippen LogP contribution in [0.4, 0.5) is 0 Å². The highest BCUT2D eigenvalue weighted by atomic mass is 127. The second-order valence-electron chi connectivity index (χ2n) is 6.72. The summed E-state index contributed by atoms with van der Waals surface area (Å²) in [7, 11) is 3.68. The Balaban J connectivity index is 0.00000312. The SMILES string of the molecule is CCC1(CNC(=NCc2nnc(C)n2C)NCCOC)CCCC1.I. The number of guanidine groups is 1. The maximum atomic E-state index is 5.12. The molecule has 2 rings (SSSR count). The first-order valence-corrected chi connectivity index (χ1v) is 8.96. The first-order valence-electron chi connectivity index (χ1n) is 8.96. The standard InChI is InChI=1S/C17H32N6O.HI/c1-5-17(8-6-7-9-17)13-20-16(18-10-11-24-4)19-12-15-22-21-14(2)23(15)3;/h5-13H2,1-4H3,(H2,18,19,20);1H. The molecule has 1 aliphatic rings. The Kier molecular flexibility index (Phi) is 9.70. The van der Waals surface area contributed by atoms with Crippen molar-refractivity contribution in [2.24, 2.45) is 17.5 Å². The average Bonchev–Trinajstić information content (AvgIpc) is 3.19. The number of rotatable bonds is 8. The number of aryl methyl sites for hydroxylation is 1. The van der Waals surface area contributed by atoms with Gasteiger partial charge in [0.15, 0.2) is 11.8 Å². The fraction of sp³-hybridized carbons (Fsp3) is 0.824. The van der Waals surface area contributed by atoms with Gasteiger partial charge in [-0.15, -0.1) is 34.2 Å². The van der Waals surface area contributed by atoms with Crippen LogP contribution in [-0.4, -0.2) is 47.5 Å². The molecule has 0 unspecified atom stereocenters. The fourth-order valence-electron chi connectivity index (χ4n) is 3.24. The largest absolute Gasteiger partial charge is 0.383 e. The van der Waals surface area contributed by atoms with Gasteiger partial charge in [-0.05, 0) is 31.6 Å². The summed E-state index contributed by atoms with van der Waals surface area (Å²) in [6, 6.07) is 0. The number of aromatic nitrogens is 3. The van der Waals surface area contributed by atoms with Gasteiger partial charge < -0.3 is 19.9 Å². The van der Waals surface area contributed by atoms with Gasteiger partial charge in [-0.1, -0.05) is 19.8 Å². The Hall–Kier alpha value is -0.900. The van der Waals surface area contributed by atoms with Gasteiger partial charge in [-0.25, -0.2) is 4.99 Å². The Morgan fingerprint density at radius 2 is 2.00 bits per heavy atom. The molecular formula is C17H33IN6O. The number of ether oxygens (including phenoxy) is 1. The normalized spacial score (nSPS) is 16.6. The highest BCUT2D eigenvalue weighted by Gasteiger charge is 2.31. The van der Waals surface area contributed by atoms with Gasteiger partial charge in [-0.2, -0.15) is 0 Å².